The summed E-state index contributed by atoms with van der Waals surface area (Å²) in [5.41, 5.74) is 2.95. The highest BCUT2D eigenvalue weighted by atomic mass is 19.1. The van der Waals surface area contributed by atoms with E-state index < -0.39 is 17.6 Å². The van der Waals surface area contributed by atoms with Crippen LogP contribution in [0.4, 0.5) is 10.1 Å². The number of hydrazone groups is 1. The van der Waals surface area contributed by atoms with Crippen molar-refractivity contribution in [3.05, 3.63) is 53.8 Å². The standard InChI is InChI=1S/C23H25FN4O6/c1-2-33-20-13-16(3-8-19(20)34-15-21(29)28-9-11-32-12-10-28)14-25-27-23(31)22(30)26-18-6-4-17(24)5-7-18/h3-8,13-14H,2,9-12,15H2,1H3,(H,26,30)(H,27,31)/b25-14-. The molecule has 0 unspecified atom stereocenters. The van der Waals surface area contributed by atoms with Gasteiger partial charge in [-0.25, -0.2) is 9.82 Å². The van der Waals surface area contributed by atoms with Gasteiger partial charge in [-0.2, -0.15) is 5.10 Å². The average molecular weight is 472 g/mol. The summed E-state index contributed by atoms with van der Waals surface area (Å²) in [5, 5.41) is 6.10. The lowest BCUT2D eigenvalue weighted by atomic mass is 10.2. The third-order valence-corrected chi connectivity index (χ3v) is 4.67. The lowest BCUT2D eigenvalue weighted by Crippen LogP contribution is -2.43. The lowest BCUT2D eigenvalue weighted by molar-refractivity contribution is -0.137. The predicted octanol–water partition coefficient (Wildman–Crippen LogP) is 1.55. The highest BCUT2D eigenvalue weighted by Crippen LogP contribution is 2.28. The summed E-state index contributed by atoms with van der Waals surface area (Å²) in [6.07, 6.45) is 1.33. The van der Waals surface area contributed by atoms with E-state index in [1.165, 1.54) is 18.3 Å². The van der Waals surface area contributed by atoms with Gasteiger partial charge in [0.05, 0.1) is 26.0 Å². The van der Waals surface area contributed by atoms with E-state index in [0.717, 1.165) is 12.1 Å². The number of nitrogens with zero attached hydrogens (tertiary/aromatic N) is 2. The van der Waals surface area contributed by atoms with Gasteiger partial charge < -0.3 is 24.4 Å². The maximum absolute atomic E-state index is 12.9. The van der Waals surface area contributed by atoms with Crippen molar-refractivity contribution in [3.8, 4) is 11.5 Å². The van der Waals surface area contributed by atoms with Crippen molar-refractivity contribution < 1.29 is 33.0 Å². The Kier molecular flexibility index (Phi) is 8.92. The molecular weight excluding hydrogens is 447 g/mol. The Balaban J connectivity index is 1.54. The Hall–Kier alpha value is -3.99. The summed E-state index contributed by atoms with van der Waals surface area (Å²) in [5.74, 6) is -1.75. The Morgan fingerprint density at radius 1 is 1.06 bits per heavy atom. The van der Waals surface area contributed by atoms with Crippen LogP contribution in [-0.2, 0) is 19.1 Å². The van der Waals surface area contributed by atoms with E-state index in [1.807, 2.05) is 6.92 Å². The Morgan fingerprint density at radius 3 is 2.50 bits per heavy atom. The van der Waals surface area contributed by atoms with Crippen molar-refractivity contribution in [1.29, 1.82) is 0 Å². The molecule has 11 heteroatoms. The number of carbonyl (C=O) groups excluding carboxylic acids is 3. The number of carbonyl (C=O) groups is 3. The lowest BCUT2D eigenvalue weighted by Gasteiger charge is -2.26. The first-order chi connectivity index (χ1) is 16.5. The monoisotopic (exact) mass is 472 g/mol. The molecule has 3 amide bonds. The van der Waals surface area contributed by atoms with Gasteiger partial charge in [0.2, 0.25) is 0 Å². The highest BCUT2D eigenvalue weighted by molar-refractivity contribution is 6.39. The second-order valence-corrected chi connectivity index (χ2v) is 7.08. The molecule has 1 aliphatic rings. The van der Waals surface area contributed by atoms with E-state index in [-0.39, 0.29) is 18.2 Å². The van der Waals surface area contributed by atoms with E-state index in [9.17, 15) is 18.8 Å². The molecular formula is C23H25FN4O6. The second-order valence-electron chi connectivity index (χ2n) is 7.08. The van der Waals surface area contributed by atoms with Gasteiger partial charge in [0.25, 0.3) is 5.91 Å². The van der Waals surface area contributed by atoms with E-state index in [0.29, 0.717) is 50.0 Å². The second kappa shape index (κ2) is 12.3. The molecule has 1 heterocycles. The van der Waals surface area contributed by atoms with Crippen molar-refractivity contribution in [2.75, 3.05) is 44.8 Å². The fraction of sp³-hybridized carbons (Fsp3) is 0.304. The third kappa shape index (κ3) is 7.27. The molecule has 1 aliphatic heterocycles. The maximum atomic E-state index is 12.9. The first-order valence-electron chi connectivity index (χ1n) is 10.6. The van der Waals surface area contributed by atoms with Crippen LogP contribution in [0.15, 0.2) is 47.6 Å². The number of amides is 3. The first kappa shape index (κ1) is 24.6. The molecule has 0 atom stereocenters. The molecule has 0 aliphatic carbocycles. The zero-order valence-corrected chi connectivity index (χ0v) is 18.6. The quantitative estimate of drug-likeness (QED) is 0.342. The van der Waals surface area contributed by atoms with Gasteiger partial charge in [0.15, 0.2) is 18.1 Å². The number of rotatable bonds is 8. The van der Waals surface area contributed by atoms with E-state index in [2.05, 4.69) is 15.8 Å². The van der Waals surface area contributed by atoms with Gasteiger partial charge in [-0.15, -0.1) is 0 Å². The van der Waals surface area contributed by atoms with Gasteiger partial charge in [-0.1, -0.05) is 0 Å². The van der Waals surface area contributed by atoms with Crippen LogP contribution in [0.5, 0.6) is 11.5 Å². The number of anilines is 1. The van der Waals surface area contributed by atoms with Crippen molar-refractivity contribution in [2.45, 2.75) is 6.92 Å². The molecule has 2 aromatic carbocycles. The molecule has 0 radical (unpaired) electrons. The smallest absolute Gasteiger partial charge is 0.329 e. The fourth-order valence-corrected chi connectivity index (χ4v) is 2.97. The SMILES string of the molecule is CCOc1cc(/C=N\NC(=O)C(=O)Nc2ccc(F)cc2)ccc1OCC(=O)N1CCOCC1. The van der Waals surface area contributed by atoms with Crippen LogP contribution >= 0.6 is 0 Å². The molecule has 0 aromatic heterocycles. The predicted molar refractivity (Wildman–Crippen MR) is 121 cm³/mol. The summed E-state index contributed by atoms with van der Waals surface area (Å²) in [7, 11) is 0. The van der Waals surface area contributed by atoms with Gasteiger partial charge in [-0.05, 0) is 55.0 Å². The Labute approximate surface area is 195 Å². The van der Waals surface area contributed by atoms with Crippen LogP contribution in [0.25, 0.3) is 0 Å². The molecule has 0 saturated carbocycles. The number of morpholine rings is 1. The molecule has 1 saturated heterocycles. The van der Waals surface area contributed by atoms with Gasteiger partial charge in [0.1, 0.15) is 5.82 Å². The van der Waals surface area contributed by atoms with Crippen molar-refractivity contribution >= 4 is 29.6 Å². The van der Waals surface area contributed by atoms with Crippen LogP contribution < -0.4 is 20.2 Å². The fourth-order valence-electron chi connectivity index (χ4n) is 2.97. The molecule has 2 N–H and O–H groups in total. The molecule has 2 aromatic rings. The molecule has 3 rings (SSSR count). The van der Waals surface area contributed by atoms with Gasteiger partial charge >= 0.3 is 11.8 Å². The summed E-state index contributed by atoms with van der Waals surface area (Å²) in [6, 6.07) is 9.90. The first-order valence-corrected chi connectivity index (χ1v) is 10.6. The van der Waals surface area contributed by atoms with Crippen molar-refractivity contribution in [2.24, 2.45) is 5.10 Å². The maximum Gasteiger partial charge on any atom is 0.329 e. The third-order valence-electron chi connectivity index (χ3n) is 4.67. The van der Waals surface area contributed by atoms with Gasteiger partial charge in [-0.3, -0.25) is 14.4 Å². The number of hydrogen-bond donors (Lipinski definition) is 2. The van der Waals surface area contributed by atoms with Crippen molar-refractivity contribution in [1.82, 2.24) is 10.3 Å². The zero-order valence-electron chi connectivity index (χ0n) is 18.6. The summed E-state index contributed by atoms with van der Waals surface area (Å²) in [4.78, 5) is 37.8. The minimum Gasteiger partial charge on any atom is -0.490 e. The number of halogens is 1. The highest BCUT2D eigenvalue weighted by Gasteiger charge is 2.18. The molecule has 34 heavy (non-hydrogen) atoms. The average Bonchev–Trinajstić information content (AvgIpc) is 2.85. The van der Waals surface area contributed by atoms with Crippen LogP contribution in [-0.4, -0.2) is 68.4 Å². The van der Waals surface area contributed by atoms with E-state index in [4.69, 9.17) is 14.2 Å². The largest absolute Gasteiger partial charge is 0.490 e. The Morgan fingerprint density at radius 2 is 1.79 bits per heavy atom. The topological polar surface area (TPSA) is 119 Å². The molecule has 0 spiro atoms. The van der Waals surface area contributed by atoms with Crippen LogP contribution in [0, 0.1) is 5.82 Å². The minimum absolute atomic E-state index is 0.132. The molecule has 1 fully saturated rings. The Bertz CT molecular complexity index is 1040. The molecule has 180 valence electrons. The van der Waals surface area contributed by atoms with E-state index in [1.54, 1.807) is 23.1 Å². The normalized spacial score (nSPS) is 13.4. The molecule has 0 bridgehead atoms. The number of nitrogens with one attached hydrogen (secondary N) is 2. The minimum atomic E-state index is -0.993. The van der Waals surface area contributed by atoms with Crippen LogP contribution in [0.2, 0.25) is 0 Å². The van der Waals surface area contributed by atoms with Crippen LogP contribution in [0.1, 0.15) is 12.5 Å². The number of ether oxygens (including phenoxy) is 3. The van der Waals surface area contributed by atoms with Crippen molar-refractivity contribution in [3.63, 3.8) is 0 Å². The summed E-state index contributed by atoms with van der Waals surface area (Å²) in [6.45, 7) is 4.13. The summed E-state index contributed by atoms with van der Waals surface area (Å²) < 4.78 is 29.4. The summed E-state index contributed by atoms with van der Waals surface area (Å²) >= 11 is 0. The zero-order chi connectivity index (χ0) is 24.3. The van der Waals surface area contributed by atoms with Gasteiger partial charge in [0, 0.05) is 18.8 Å². The van der Waals surface area contributed by atoms with Crippen LogP contribution in [0.3, 0.4) is 0 Å². The van der Waals surface area contributed by atoms with E-state index >= 15 is 0 Å². The number of benzene rings is 2. The number of hydrogen-bond acceptors (Lipinski definition) is 7. The molecule has 10 nitrogen and oxygen atoms in total.